The summed E-state index contributed by atoms with van der Waals surface area (Å²) in [6, 6.07) is 5.67. The summed E-state index contributed by atoms with van der Waals surface area (Å²) in [6.07, 6.45) is 0. The zero-order chi connectivity index (χ0) is 11.5. The first kappa shape index (κ1) is 11.0. The van der Waals surface area contributed by atoms with Crippen molar-refractivity contribution in [1.29, 1.82) is 0 Å². The van der Waals surface area contributed by atoms with E-state index < -0.39 is 0 Å². The number of anilines is 1. The Hall–Kier alpha value is -1.55. The molecule has 0 saturated carbocycles. The molecular weight excluding hydrogens is 220 g/mol. The molecular formula is C12H14N2OS. The minimum absolute atomic E-state index is 0.508. The molecule has 0 atom stereocenters. The van der Waals surface area contributed by atoms with Crippen LogP contribution in [-0.4, -0.2) is 4.98 Å². The van der Waals surface area contributed by atoms with Gasteiger partial charge in [-0.05, 0) is 37.6 Å². The molecule has 0 spiro atoms. The SMILES string of the molecule is Cc1nc(COc2ccc(N)c(C)c2)cs1. The van der Waals surface area contributed by atoms with Crippen LogP contribution >= 0.6 is 11.3 Å². The fraction of sp³-hybridized carbons (Fsp3) is 0.250. The standard InChI is InChI=1S/C12H14N2OS/c1-8-5-11(3-4-12(8)13)15-6-10-7-16-9(2)14-10/h3-5,7H,6,13H2,1-2H3. The molecule has 0 fully saturated rings. The Balaban J connectivity index is 2.02. The number of aromatic nitrogens is 1. The molecule has 0 saturated heterocycles. The summed E-state index contributed by atoms with van der Waals surface area (Å²) in [5, 5.41) is 3.08. The van der Waals surface area contributed by atoms with E-state index in [-0.39, 0.29) is 0 Å². The van der Waals surface area contributed by atoms with Crippen molar-refractivity contribution in [3.8, 4) is 5.75 Å². The number of nitrogen functional groups attached to an aromatic ring is 1. The highest BCUT2D eigenvalue weighted by atomic mass is 32.1. The molecule has 0 unspecified atom stereocenters. The smallest absolute Gasteiger partial charge is 0.131 e. The van der Waals surface area contributed by atoms with Gasteiger partial charge in [0.05, 0.1) is 10.7 Å². The molecule has 3 nitrogen and oxygen atoms in total. The zero-order valence-corrected chi connectivity index (χ0v) is 10.2. The lowest BCUT2D eigenvalue weighted by Gasteiger charge is -2.06. The number of rotatable bonds is 3. The molecule has 0 amide bonds. The molecule has 0 radical (unpaired) electrons. The topological polar surface area (TPSA) is 48.1 Å². The fourth-order valence-corrected chi connectivity index (χ4v) is 1.97. The Bertz CT molecular complexity index is 494. The van der Waals surface area contributed by atoms with Crippen molar-refractivity contribution in [2.24, 2.45) is 0 Å². The molecule has 84 valence electrons. The van der Waals surface area contributed by atoms with Crippen LogP contribution in [0, 0.1) is 13.8 Å². The van der Waals surface area contributed by atoms with E-state index >= 15 is 0 Å². The Morgan fingerprint density at radius 2 is 2.19 bits per heavy atom. The Morgan fingerprint density at radius 1 is 1.38 bits per heavy atom. The highest BCUT2D eigenvalue weighted by molar-refractivity contribution is 7.09. The largest absolute Gasteiger partial charge is 0.487 e. The number of aryl methyl sites for hydroxylation is 2. The van der Waals surface area contributed by atoms with Crippen LogP contribution < -0.4 is 10.5 Å². The highest BCUT2D eigenvalue weighted by Crippen LogP contribution is 2.20. The molecule has 2 N–H and O–H groups in total. The van der Waals surface area contributed by atoms with Crippen molar-refractivity contribution >= 4 is 17.0 Å². The molecule has 0 aliphatic rings. The number of hydrogen-bond donors (Lipinski definition) is 1. The fourth-order valence-electron chi connectivity index (χ4n) is 1.37. The number of thiazole rings is 1. The lowest BCUT2D eigenvalue weighted by Crippen LogP contribution is -1.97. The molecule has 0 aliphatic carbocycles. The van der Waals surface area contributed by atoms with E-state index in [1.807, 2.05) is 37.4 Å². The van der Waals surface area contributed by atoms with Gasteiger partial charge in [-0.25, -0.2) is 4.98 Å². The third-order valence-electron chi connectivity index (χ3n) is 2.29. The van der Waals surface area contributed by atoms with E-state index in [2.05, 4.69) is 4.98 Å². The summed E-state index contributed by atoms with van der Waals surface area (Å²) < 4.78 is 5.63. The average molecular weight is 234 g/mol. The molecule has 0 aliphatic heterocycles. The van der Waals surface area contributed by atoms with Crippen molar-refractivity contribution in [3.05, 3.63) is 39.8 Å². The van der Waals surface area contributed by atoms with Gasteiger partial charge in [-0.15, -0.1) is 11.3 Å². The highest BCUT2D eigenvalue weighted by Gasteiger charge is 2.01. The van der Waals surface area contributed by atoms with Gasteiger partial charge in [0.15, 0.2) is 0 Å². The number of hydrogen-bond acceptors (Lipinski definition) is 4. The maximum absolute atomic E-state index is 5.73. The normalized spacial score (nSPS) is 10.4. The Kier molecular flexibility index (Phi) is 3.10. The quantitative estimate of drug-likeness (QED) is 0.831. The second-order valence-electron chi connectivity index (χ2n) is 3.66. The number of benzene rings is 1. The van der Waals surface area contributed by atoms with Crippen molar-refractivity contribution in [2.75, 3.05) is 5.73 Å². The van der Waals surface area contributed by atoms with Gasteiger partial charge in [0, 0.05) is 11.1 Å². The van der Waals surface area contributed by atoms with Crippen LogP contribution in [0.3, 0.4) is 0 Å². The van der Waals surface area contributed by atoms with Crippen LogP contribution in [-0.2, 0) is 6.61 Å². The molecule has 4 heteroatoms. The maximum Gasteiger partial charge on any atom is 0.131 e. The van der Waals surface area contributed by atoms with Gasteiger partial charge >= 0.3 is 0 Å². The molecule has 1 heterocycles. The van der Waals surface area contributed by atoms with Gasteiger partial charge < -0.3 is 10.5 Å². The van der Waals surface area contributed by atoms with Crippen molar-refractivity contribution in [2.45, 2.75) is 20.5 Å². The molecule has 1 aromatic carbocycles. The number of nitrogens with two attached hydrogens (primary N) is 1. The predicted molar refractivity (Wildman–Crippen MR) is 66.8 cm³/mol. The number of ether oxygens (including phenoxy) is 1. The first-order valence-corrected chi connectivity index (χ1v) is 5.93. The van der Waals surface area contributed by atoms with Gasteiger partial charge in [-0.1, -0.05) is 0 Å². The summed E-state index contributed by atoms with van der Waals surface area (Å²) in [4.78, 5) is 4.33. The van der Waals surface area contributed by atoms with E-state index in [9.17, 15) is 0 Å². The lowest BCUT2D eigenvalue weighted by molar-refractivity contribution is 0.302. The van der Waals surface area contributed by atoms with E-state index in [0.717, 1.165) is 27.7 Å². The second-order valence-corrected chi connectivity index (χ2v) is 4.73. The predicted octanol–water partition coefficient (Wildman–Crippen LogP) is 2.92. The first-order valence-electron chi connectivity index (χ1n) is 5.05. The van der Waals surface area contributed by atoms with Gasteiger partial charge in [0.2, 0.25) is 0 Å². The second kappa shape index (κ2) is 4.53. The summed E-state index contributed by atoms with van der Waals surface area (Å²) in [5.41, 5.74) is 8.53. The van der Waals surface area contributed by atoms with E-state index in [1.165, 1.54) is 0 Å². The van der Waals surface area contributed by atoms with Gasteiger partial charge in [-0.3, -0.25) is 0 Å². The summed E-state index contributed by atoms with van der Waals surface area (Å²) in [7, 11) is 0. The minimum atomic E-state index is 0.508. The molecule has 2 rings (SSSR count). The maximum atomic E-state index is 5.73. The van der Waals surface area contributed by atoms with Crippen LogP contribution in [0.2, 0.25) is 0 Å². The van der Waals surface area contributed by atoms with Crippen LogP contribution in [0.15, 0.2) is 23.6 Å². The Labute approximate surface area is 98.9 Å². The monoisotopic (exact) mass is 234 g/mol. The van der Waals surface area contributed by atoms with E-state index in [4.69, 9.17) is 10.5 Å². The number of nitrogens with zero attached hydrogens (tertiary/aromatic N) is 1. The van der Waals surface area contributed by atoms with Crippen LogP contribution in [0.5, 0.6) is 5.75 Å². The first-order chi connectivity index (χ1) is 7.65. The molecule has 2 aromatic rings. The third kappa shape index (κ3) is 2.52. The van der Waals surface area contributed by atoms with E-state index in [0.29, 0.717) is 6.61 Å². The van der Waals surface area contributed by atoms with Crippen molar-refractivity contribution in [1.82, 2.24) is 4.98 Å². The third-order valence-corrected chi connectivity index (χ3v) is 3.12. The van der Waals surface area contributed by atoms with Gasteiger partial charge in [-0.2, -0.15) is 0 Å². The average Bonchev–Trinajstić information content (AvgIpc) is 2.66. The van der Waals surface area contributed by atoms with Crippen molar-refractivity contribution in [3.63, 3.8) is 0 Å². The zero-order valence-electron chi connectivity index (χ0n) is 9.36. The summed E-state index contributed by atoms with van der Waals surface area (Å²) in [6.45, 7) is 4.46. The van der Waals surface area contributed by atoms with Crippen LogP contribution in [0.1, 0.15) is 16.3 Å². The minimum Gasteiger partial charge on any atom is -0.487 e. The van der Waals surface area contributed by atoms with Gasteiger partial charge in [0.1, 0.15) is 12.4 Å². The van der Waals surface area contributed by atoms with E-state index in [1.54, 1.807) is 11.3 Å². The summed E-state index contributed by atoms with van der Waals surface area (Å²) in [5.74, 6) is 0.831. The van der Waals surface area contributed by atoms with Gasteiger partial charge in [0.25, 0.3) is 0 Å². The molecule has 16 heavy (non-hydrogen) atoms. The van der Waals surface area contributed by atoms with Crippen LogP contribution in [0.4, 0.5) is 5.69 Å². The Morgan fingerprint density at radius 3 is 2.81 bits per heavy atom. The lowest BCUT2D eigenvalue weighted by atomic mass is 10.2. The molecule has 0 bridgehead atoms. The van der Waals surface area contributed by atoms with Crippen LogP contribution in [0.25, 0.3) is 0 Å². The summed E-state index contributed by atoms with van der Waals surface area (Å²) >= 11 is 1.63. The molecule has 1 aromatic heterocycles. The van der Waals surface area contributed by atoms with Crippen molar-refractivity contribution < 1.29 is 4.74 Å².